The van der Waals surface area contributed by atoms with Crippen LogP contribution < -0.4 is 10.6 Å². The number of halogens is 1. The van der Waals surface area contributed by atoms with E-state index in [1.807, 2.05) is 0 Å². The number of carbonyl (C=O) groups excluding carboxylic acids is 3. The van der Waals surface area contributed by atoms with Gasteiger partial charge in [-0.05, 0) is 57.0 Å². The average Bonchev–Trinajstić information content (AvgIpc) is 2.95. The number of amides is 3. The Morgan fingerprint density at radius 1 is 1.13 bits per heavy atom. The molecule has 8 nitrogen and oxygen atoms in total. The molecule has 2 aromatic rings. The fourth-order valence-corrected chi connectivity index (χ4v) is 5.07. The van der Waals surface area contributed by atoms with Crippen LogP contribution in [0.3, 0.4) is 0 Å². The maximum absolute atomic E-state index is 13.0. The fourth-order valence-electron chi connectivity index (χ4n) is 2.68. The van der Waals surface area contributed by atoms with E-state index >= 15 is 0 Å². The second-order valence-electron chi connectivity index (χ2n) is 6.59. The van der Waals surface area contributed by atoms with Gasteiger partial charge in [-0.25, -0.2) is 17.6 Å². The lowest BCUT2D eigenvalue weighted by Gasteiger charge is -2.08. The highest BCUT2D eigenvalue weighted by molar-refractivity contribution is 7.91. The van der Waals surface area contributed by atoms with E-state index in [-0.39, 0.29) is 40.7 Å². The summed E-state index contributed by atoms with van der Waals surface area (Å²) in [6.45, 7) is 5.17. The molecule has 1 aromatic heterocycles. The molecule has 0 spiro atoms. The largest absolute Gasteiger partial charge is 0.450 e. The van der Waals surface area contributed by atoms with Crippen LogP contribution in [0.5, 0.6) is 0 Å². The molecular weight excluding hydrogens is 447 g/mol. The van der Waals surface area contributed by atoms with Crippen molar-refractivity contribution in [1.29, 1.82) is 0 Å². The van der Waals surface area contributed by atoms with Crippen molar-refractivity contribution in [3.63, 3.8) is 0 Å². The molecule has 11 heteroatoms. The van der Waals surface area contributed by atoms with Crippen molar-refractivity contribution in [2.45, 2.75) is 38.5 Å². The zero-order valence-electron chi connectivity index (χ0n) is 17.3. The third kappa shape index (κ3) is 6.59. The minimum Gasteiger partial charge on any atom is -0.450 e. The van der Waals surface area contributed by atoms with Gasteiger partial charge >= 0.3 is 6.09 Å². The van der Waals surface area contributed by atoms with E-state index in [1.165, 1.54) is 23.5 Å². The zero-order chi connectivity index (χ0) is 23.2. The van der Waals surface area contributed by atoms with Gasteiger partial charge in [0, 0.05) is 11.3 Å². The minimum atomic E-state index is -3.65. The summed E-state index contributed by atoms with van der Waals surface area (Å²) in [7, 11) is -3.65. The first-order chi connectivity index (χ1) is 14.5. The van der Waals surface area contributed by atoms with Gasteiger partial charge in [0.15, 0.2) is 9.84 Å². The first-order valence-electron chi connectivity index (χ1n) is 9.41. The van der Waals surface area contributed by atoms with E-state index in [0.717, 1.165) is 17.0 Å². The van der Waals surface area contributed by atoms with E-state index in [1.54, 1.807) is 20.8 Å². The molecule has 1 heterocycles. The van der Waals surface area contributed by atoms with Crippen molar-refractivity contribution in [3.05, 3.63) is 46.1 Å². The van der Waals surface area contributed by atoms with Crippen LogP contribution in [-0.4, -0.2) is 38.7 Å². The van der Waals surface area contributed by atoms with Crippen molar-refractivity contribution < 1.29 is 31.9 Å². The van der Waals surface area contributed by atoms with Crippen LogP contribution >= 0.6 is 11.3 Å². The molecule has 2 rings (SSSR count). The zero-order valence-corrected chi connectivity index (χ0v) is 18.9. The average molecular weight is 471 g/mol. The number of imide groups is 1. The number of aryl methyl sites for hydroxylation is 1. The first kappa shape index (κ1) is 24.5. The molecule has 0 saturated heterocycles. The molecule has 0 saturated carbocycles. The van der Waals surface area contributed by atoms with Gasteiger partial charge in [0.2, 0.25) is 5.91 Å². The molecule has 0 aliphatic carbocycles. The van der Waals surface area contributed by atoms with Crippen molar-refractivity contribution >= 4 is 44.1 Å². The highest BCUT2D eigenvalue weighted by Crippen LogP contribution is 2.32. The Morgan fingerprint density at radius 3 is 2.39 bits per heavy atom. The molecule has 0 radical (unpaired) electrons. The quantitative estimate of drug-likeness (QED) is 0.569. The lowest BCUT2D eigenvalue weighted by Crippen LogP contribution is -2.32. The fraction of sp³-hybridized carbons (Fsp3) is 0.350. The summed E-state index contributed by atoms with van der Waals surface area (Å²) < 4.78 is 42.2. The number of alkyl carbamates (subject to hydrolysis) is 1. The third-order valence-electron chi connectivity index (χ3n) is 4.35. The smallest absolute Gasteiger partial charge is 0.414 e. The van der Waals surface area contributed by atoms with E-state index in [4.69, 9.17) is 4.74 Å². The molecule has 2 N–H and O–H groups in total. The maximum Gasteiger partial charge on any atom is 0.414 e. The lowest BCUT2D eigenvalue weighted by atomic mass is 10.1. The van der Waals surface area contributed by atoms with Gasteiger partial charge in [-0.1, -0.05) is 0 Å². The number of ether oxygens (including phenoxy) is 1. The number of hydrogen-bond donors (Lipinski definition) is 2. The van der Waals surface area contributed by atoms with E-state index in [0.29, 0.717) is 5.56 Å². The predicted octanol–water partition coefficient (Wildman–Crippen LogP) is 3.58. The van der Waals surface area contributed by atoms with Crippen LogP contribution in [-0.2, 0) is 19.4 Å². The summed E-state index contributed by atoms with van der Waals surface area (Å²) in [5.41, 5.74) is 0.767. The summed E-state index contributed by atoms with van der Waals surface area (Å²) in [4.78, 5) is 37.1. The standard InChI is InChI=1S/C20H23FN2O6S2/c1-4-29-20(26)23-18(25)17-12(2)13(3)30-19(17)22-16(24)6-5-11-31(27,28)15-9-7-14(21)8-10-15/h7-10H,4-6,11H2,1-3H3,(H,22,24)(H,23,25,26). The highest BCUT2D eigenvalue weighted by atomic mass is 32.2. The topological polar surface area (TPSA) is 119 Å². The van der Waals surface area contributed by atoms with Gasteiger partial charge in [-0.2, -0.15) is 0 Å². The number of hydrogen-bond acceptors (Lipinski definition) is 7. The summed E-state index contributed by atoms with van der Waals surface area (Å²) in [5, 5.41) is 4.98. The Labute approximate surface area is 183 Å². The molecular formula is C20H23FN2O6S2. The SMILES string of the molecule is CCOC(=O)NC(=O)c1c(NC(=O)CCCS(=O)(=O)c2ccc(F)cc2)sc(C)c1C. The summed E-state index contributed by atoms with van der Waals surface area (Å²) >= 11 is 1.18. The highest BCUT2D eigenvalue weighted by Gasteiger charge is 2.23. The molecule has 1 aromatic carbocycles. The number of nitrogens with one attached hydrogen (secondary N) is 2. The second kappa shape index (κ2) is 10.5. The van der Waals surface area contributed by atoms with Crippen LogP contribution in [0.4, 0.5) is 14.2 Å². The number of anilines is 1. The normalized spacial score (nSPS) is 11.1. The van der Waals surface area contributed by atoms with Crippen molar-refractivity contribution in [2.75, 3.05) is 17.7 Å². The molecule has 0 fully saturated rings. The Kier molecular flexibility index (Phi) is 8.28. The second-order valence-corrected chi connectivity index (χ2v) is 9.92. The van der Waals surface area contributed by atoms with Crippen molar-refractivity contribution in [2.24, 2.45) is 0 Å². The Morgan fingerprint density at radius 2 is 1.77 bits per heavy atom. The molecule has 0 aliphatic heterocycles. The number of carbonyl (C=O) groups is 3. The van der Waals surface area contributed by atoms with Gasteiger partial charge < -0.3 is 10.1 Å². The minimum absolute atomic E-state index is 0.0169. The Balaban J connectivity index is 2.01. The number of thiophene rings is 1. The molecule has 0 atom stereocenters. The van der Waals surface area contributed by atoms with E-state index in [9.17, 15) is 27.2 Å². The van der Waals surface area contributed by atoms with Gasteiger partial charge in [-0.15, -0.1) is 11.3 Å². The first-order valence-corrected chi connectivity index (χ1v) is 11.9. The van der Waals surface area contributed by atoms with Crippen LogP contribution in [0.1, 0.15) is 40.6 Å². The molecule has 31 heavy (non-hydrogen) atoms. The van der Waals surface area contributed by atoms with Crippen LogP contribution in [0.25, 0.3) is 0 Å². The molecule has 0 unspecified atom stereocenters. The maximum atomic E-state index is 13.0. The van der Waals surface area contributed by atoms with Gasteiger partial charge in [0.1, 0.15) is 10.8 Å². The summed E-state index contributed by atoms with van der Waals surface area (Å²) in [6.07, 6.45) is -0.951. The van der Waals surface area contributed by atoms with E-state index < -0.39 is 33.6 Å². The van der Waals surface area contributed by atoms with E-state index in [2.05, 4.69) is 10.6 Å². The molecule has 0 bridgehead atoms. The number of sulfone groups is 1. The number of rotatable bonds is 8. The van der Waals surface area contributed by atoms with Crippen LogP contribution in [0.2, 0.25) is 0 Å². The molecule has 0 aliphatic rings. The van der Waals surface area contributed by atoms with Gasteiger partial charge in [-0.3, -0.25) is 14.9 Å². The monoisotopic (exact) mass is 470 g/mol. The summed E-state index contributed by atoms with van der Waals surface area (Å²) in [5.74, 6) is -2.00. The lowest BCUT2D eigenvalue weighted by molar-refractivity contribution is -0.116. The van der Waals surface area contributed by atoms with Gasteiger partial charge in [0.05, 0.1) is 22.8 Å². The van der Waals surface area contributed by atoms with Crippen molar-refractivity contribution in [3.8, 4) is 0 Å². The summed E-state index contributed by atoms with van der Waals surface area (Å²) in [6, 6.07) is 4.47. The Bertz CT molecular complexity index is 1080. The number of benzene rings is 1. The van der Waals surface area contributed by atoms with Crippen LogP contribution in [0.15, 0.2) is 29.2 Å². The van der Waals surface area contributed by atoms with Gasteiger partial charge in [0.25, 0.3) is 5.91 Å². The van der Waals surface area contributed by atoms with Crippen molar-refractivity contribution in [1.82, 2.24) is 5.32 Å². The molecule has 3 amide bonds. The van der Waals surface area contributed by atoms with Crippen LogP contribution in [0, 0.1) is 19.7 Å². The predicted molar refractivity (Wildman–Crippen MR) is 115 cm³/mol. The third-order valence-corrected chi connectivity index (χ3v) is 7.29. The Hall–Kier alpha value is -2.79. The molecule has 168 valence electrons.